The minimum Gasteiger partial charge on any atom is -0.369 e. The number of benzene rings is 1. The summed E-state index contributed by atoms with van der Waals surface area (Å²) in [5.74, 6) is -0.507. The summed E-state index contributed by atoms with van der Waals surface area (Å²) in [5.41, 5.74) is 9.32. The second kappa shape index (κ2) is 4.65. The van der Waals surface area contributed by atoms with Crippen molar-refractivity contribution < 1.29 is 13.3 Å². The Balaban J connectivity index is 3.24. The predicted molar refractivity (Wildman–Crippen MR) is 59.2 cm³/mol. The number of hydrogen-bond donors (Lipinski definition) is 3. The van der Waals surface area contributed by atoms with E-state index in [0.717, 1.165) is 12.1 Å². The Morgan fingerprint density at radius 2 is 1.94 bits per heavy atom. The van der Waals surface area contributed by atoms with Crippen LogP contribution < -0.4 is 16.3 Å². The van der Waals surface area contributed by atoms with Gasteiger partial charge in [-0.3, -0.25) is 10.1 Å². The quantitative estimate of drug-likeness (QED) is 0.274. The van der Waals surface area contributed by atoms with Crippen molar-refractivity contribution in [2.45, 2.75) is 4.90 Å². The molecule has 0 unspecified atom stereocenters. The van der Waals surface area contributed by atoms with Gasteiger partial charge < -0.3 is 11.5 Å². The maximum absolute atomic E-state index is 11.6. The number of rotatable bonds is 4. The number of nitrogens with two attached hydrogens (primary N) is 2. The van der Waals surface area contributed by atoms with Crippen molar-refractivity contribution in [2.24, 2.45) is 16.6 Å². The zero-order valence-corrected chi connectivity index (χ0v) is 9.22. The number of nitrogens with zero attached hydrogens (tertiary/aromatic N) is 2. The summed E-state index contributed by atoms with van der Waals surface area (Å²) in [6, 6.07) is 4.82. The van der Waals surface area contributed by atoms with E-state index in [2.05, 4.69) is 5.10 Å². The fraction of sp³-hybridized carbons (Fsp3) is 0. The number of hydrazone groups is 1. The molecular weight excluding hydrogens is 250 g/mol. The van der Waals surface area contributed by atoms with Gasteiger partial charge in [0.1, 0.15) is 0 Å². The Morgan fingerprint density at radius 1 is 1.35 bits per heavy atom. The number of guanidine groups is 1. The van der Waals surface area contributed by atoms with Crippen LogP contribution in [-0.4, -0.2) is 19.3 Å². The van der Waals surface area contributed by atoms with Gasteiger partial charge in [0.15, 0.2) is 4.90 Å². The first-order chi connectivity index (χ1) is 7.84. The van der Waals surface area contributed by atoms with Crippen LogP contribution in [0.25, 0.3) is 0 Å². The lowest BCUT2D eigenvalue weighted by molar-refractivity contribution is -0.387. The molecule has 17 heavy (non-hydrogen) atoms. The van der Waals surface area contributed by atoms with Crippen molar-refractivity contribution in [3.8, 4) is 0 Å². The fourth-order valence-electron chi connectivity index (χ4n) is 0.997. The molecule has 0 spiro atoms. The van der Waals surface area contributed by atoms with E-state index >= 15 is 0 Å². The lowest BCUT2D eigenvalue weighted by Crippen LogP contribution is -2.29. The SMILES string of the molecule is NC(N)=NNS(=O)(=O)c1ccccc1[N+](=O)[O-]. The van der Waals surface area contributed by atoms with Crippen LogP contribution in [-0.2, 0) is 10.0 Å². The van der Waals surface area contributed by atoms with E-state index in [1.165, 1.54) is 12.1 Å². The lowest BCUT2D eigenvalue weighted by atomic mass is 10.3. The van der Waals surface area contributed by atoms with Crippen molar-refractivity contribution in [2.75, 3.05) is 0 Å². The van der Waals surface area contributed by atoms with E-state index in [9.17, 15) is 18.5 Å². The van der Waals surface area contributed by atoms with Crippen LogP contribution in [0.3, 0.4) is 0 Å². The maximum Gasteiger partial charge on any atom is 0.289 e. The smallest absolute Gasteiger partial charge is 0.289 e. The van der Waals surface area contributed by atoms with E-state index < -0.39 is 31.5 Å². The van der Waals surface area contributed by atoms with Gasteiger partial charge in [-0.2, -0.15) is 13.2 Å². The van der Waals surface area contributed by atoms with Crippen LogP contribution in [0.1, 0.15) is 0 Å². The Kier molecular flexibility index (Phi) is 3.48. The molecule has 0 aromatic heterocycles. The molecule has 9 nitrogen and oxygen atoms in total. The lowest BCUT2D eigenvalue weighted by Gasteiger charge is -2.03. The van der Waals surface area contributed by atoms with Gasteiger partial charge in [-0.1, -0.05) is 12.1 Å². The van der Waals surface area contributed by atoms with E-state index in [0.29, 0.717) is 0 Å². The normalized spacial score (nSPS) is 10.6. The molecule has 5 N–H and O–H groups in total. The van der Waals surface area contributed by atoms with Gasteiger partial charge in [0.25, 0.3) is 15.7 Å². The summed E-state index contributed by atoms with van der Waals surface area (Å²) >= 11 is 0. The summed E-state index contributed by atoms with van der Waals surface area (Å²) in [7, 11) is -4.17. The molecule has 0 amide bonds. The zero-order valence-electron chi connectivity index (χ0n) is 8.40. The highest BCUT2D eigenvalue weighted by atomic mass is 32.2. The van der Waals surface area contributed by atoms with Crippen LogP contribution in [0, 0.1) is 10.1 Å². The number of sulfonamides is 1. The number of hydrogen-bond acceptors (Lipinski definition) is 5. The minimum atomic E-state index is -4.17. The van der Waals surface area contributed by atoms with Crippen LogP contribution >= 0.6 is 0 Å². The summed E-state index contributed by atoms with van der Waals surface area (Å²) in [6.07, 6.45) is 0. The van der Waals surface area contributed by atoms with E-state index in [4.69, 9.17) is 11.5 Å². The molecule has 0 saturated carbocycles. The number of para-hydroxylation sites is 1. The third-order valence-corrected chi connectivity index (χ3v) is 2.90. The minimum absolute atomic E-state index is 0.507. The fourth-order valence-corrected chi connectivity index (χ4v) is 2.00. The zero-order chi connectivity index (χ0) is 13.1. The molecule has 0 bridgehead atoms. The van der Waals surface area contributed by atoms with Crippen molar-refractivity contribution >= 4 is 21.7 Å². The second-order valence-electron chi connectivity index (χ2n) is 2.86. The van der Waals surface area contributed by atoms with Crippen molar-refractivity contribution in [3.63, 3.8) is 0 Å². The molecule has 0 fully saturated rings. The van der Waals surface area contributed by atoms with Crippen LogP contribution in [0.15, 0.2) is 34.3 Å². The molecule has 0 saturated heterocycles. The molecule has 10 heteroatoms. The highest BCUT2D eigenvalue weighted by molar-refractivity contribution is 7.89. The first kappa shape index (κ1) is 12.7. The Hall–Kier alpha value is -2.36. The van der Waals surface area contributed by atoms with E-state index in [1.807, 2.05) is 0 Å². The summed E-state index contributed by atoms with van der Waals surface area (Å²) in [5, 5.41) is 13.7. The van der Waals surface area contributed by atoms with Crippen LogP contribution in [0.5, 0.6) is 0 Å². The largest absolute Gasteiger partial charge is 0.369 e. The molecule has 0 aliphatic rings. The first-order valence-electron chi connectivity index (χ1n) is 4.18. The van der Waals surface area contributed by atoms with Gasteiger partial charge >= 0.3 is 0 Å². The average Bonchev–Trinajstić information content (AvgIpc) is 2.26. The van der Waals surface area contributed by atoms with Crippen LogP contribution in [0.4, 0.5) is 5.69 Å². The van der Waals surface area contributed by atoms with Gasteiger partial charge in [0.05, 0.1) is 4.92 Å². The molecule has 0 radical (unpaired) electrons. The monoisotopic (exact) mass is 259 g/mol. The predicted octanol–water partition coefficient (Wildman–Crippen LogP) is -0.938. The standard InChI is InChI=1S/C7H9N5O4S/c8-7(9)10-11-17(15,16)6-4-2-1-3-5(6)12(13)14/h1-4,11H,(H4,8,9,10). The number of nitro benzene ring substituents is 1. The van der Waals surface area contributed by atoms with Gasteiger partial charge in [-0.05, 0) is 6.07 Å². The average molecular weight is 259 g/mol. The van der Waals surface area contributed by atoms with Gasteiger partial charge in [-0.25, -0.2) is 0 Å². The van der Waals surface area contributed by atoms with E-state index in [-0.39, 0.29) is 0 Å². The summed E-state index contributed by atoms with van der Waals surface area (Å²) in [4.78, 5) is 11.0. The second-order valence-corrected chi connectivity index (χ2v) is 4.49. The van der Waals surface area contributed by atoms with Crippen LogP contribution in [0.2, 0.25) is 0 Å². The highest BCUT2D eigenvalue weighted by Crippen LogP contribution is 2.22. The maximum atomic E-state index is 11.6. The number of nitro groups is 1. The Bertz CT molecular complexity index is 563. The molecule has 0 atom stereocenters. The third kappa shape index (κ3) is 3.04. The molecule has 1 aromatic carbocycles. The van der Waals surface area contributed by atoms with Gasteiger partial charge in [0.2, 0.25) is 5.96 Å². The first-order valence-corrected chi connectivity index (χ1v) is 5.67. The van der Waals surface area contributed by atoms with Crippen molar-refractivity contribution in [1.82, 2.24) is 4.83 Å². The molecule has 0 aliphatic carbocycles. The topological polar surface area (TPSA) is 154 Å². The summed E-state index contributed by atoms with van der Waals surface area (Å²) in [6.45, 7) is 0. The van der Waals surface area contributed by atoms with Crippen molar-refractivity contribution in [3.05, 3.63) is 34.4 Å². The summed E-state index contributed by atoms with van der Waals surface area (Å²) < 4.78 is 23.3. The Morgan fingerprint density at radius 3 is 2.47 bits per heavy atom. The molecule has 1 rings (SSSR count). The Labute approximate surface area is 96.3 Å². The van der Waals surface area contributed by atoms with Gasteiger partial charge in [-0.15, -0.1) is 5.10 Å². The third-order valence-electron chi connectivity index (χ3n) is 1.65. The molecule has 0 heterocycles. The van der Waals surface area contributed by atoms with Gasteiger partial charge in [0, 0.05) is 6.07 Å². The molecular formula is C7H9N5O4S. The van der Waals surface area contributed by atoms with E-state index in [1.54, 1.807) is 4.83 Å². The number of nitrogens with one attached hydrogen (secondary N) is 1. The highest BCUT2D eigenvalue weighted by Gasteiger charge is 2.24. The molecule has 92 valence electrons. The molecule has 1 aromatic rings. The molecule has 0 aliphatic heterocycles. The van der Waals surface area contributed by atoms with Crippen molar-refractivity contribution in [1.29, 1.82) is 0 Å².